The Labute approximate surface area is 215 Å². The first-order valence-electron chi connectivity index (χ1n) is 10.4. The molecule has 0 saturated carbocycles. The topological polar surface area (TPSA) is 101 Å². The molecule has 1 atom stereocenters. The second kappa shape index (κ2) is 10.6. The summed E-state index contributed by atoms with van der Waals surface area (Å²) in [7, 11) is -7.46. The monoisotopic (exact) mass is 554 g/mol. The van der Waals surface area contributed by atoms with E-state index in [2.05, 4.69) is 5.32 Å². The maximum absolute atomic E-state index is 13.5. The van der Waals surface area contributed by atoms with Gasteiger partial charge in [-0.1, -0.05) is 53.0 Å². The SMILES string of the molecule is Cc1ccc(S(=O)(=O)N(CC(=O)N[C@@H](C)c2ccc(S(C)(=O)=O)cc2)c2ccc(Cl)c(Cl)c2)cc1. The fraction of sp³-hybridized carbons (Fsp3) is 0.208. The summed E-state index contributed by atoms with van der Waals surface area (Å²) in [6, 6.07) is 16.2. The Morgan fingerprint density at radius 3 is 2.00 bits per heavy atom. The summed E-state index contributed by atoms with van der Waals surface area (Å²) in [4.78, 5) is 13.1. The number of hydrogen-bond donors (Lipinski definition) is 1. The third-order valence-corrected chi connectivity index (χ3v) is 8.93. The highest BCUT2D eigenvalue weighted by Crippen LogP contribution is 2.30. The zero-order chi connectivity index (χ0) is 26.0. The molecule has 0 aliphatic rings. The van der Waals surface area contributed by atoms with Crippen LogP contribution in [0.15, 0.2) is 76.5 Å². The van der Waals surface area contributed by atoms with Gasteiger partial charge in [0.1, 0.15) is 6.54 Å². The molecule has 3 rings (SSSR count). The van der Waals surface area contributed by atoms with Gasteiger partial charge in [0.05, 0.1) is 31.6 Å². The number of aryl methyl sites for hydroxylation is 1. The van der Waals surface area contributed by atoms with E-state index in [0.29, 0.717) is 5.56 Å². The highest BCUT2D eigenvalue weighted by molar-refractivity contribution is 7.93. The standard InChI is InChI=1S/C24H24Cl2N2O5S2/c1-16-4-9-21(10-5-16)35(32,33)28(19-8-13-22(25)23(26)14-19)15-24(29)27-17(2)18-6-11-20(12-7-18)34(3,30)31/h4-14,17H,15H2,1-3H3,(H,27,29)/t17-/m0/s1. The number of nitrogens with zero attached hydrogens (tertiary/aromatic N) is 1. The number of carbonyl (C=O) groups excluding carboxylic acids is 1. The van der Waals surface area contributed by atoms with E-state index < -0.39 is 38.4 Å². The number of anilines is 1. The van der Waals surface area contributed by atoms with Gasteiger partial charge < -0.3 is 5.32 Å². The third-order valence-electron chi connectivity index (χ3n) is 5.27. The molecule has 0 heterocycles. The second-order valence-corrected chi connectivity index (χ2v) is 12.7. The lowest BCUT2D eigenvalue weighted by Gasteiger charge is -2.25. The fourth-order valence-electron chi connectivity index (χ4n) is 3.30. The molecule has 0 radical (unpaired) electrons. The van der Waals surface area contributed by atoms with E-state index in [1.165, 1.54) is 42.5 Å². The molecule has 0 aliphatic carbocycles. The van der Waals surface area contributed by atoms with Crippen LogP contribution in [0, 0.1) is 6.92 Å². The van der Waals surface area contributed by atoms with Crippen molar-refractivity contribution in [2.24, 2.45) is 0 Å². The van der Waals surface area contributed by atoms with Crippen LogP contribution >= 0.6 is 23.2 Å². The number of hydrogen-bond acceptors (Lipinski definition) is 5. The number of nitrogens with one attached hydrogen (secondary N) is 1. The maximum atomic E-state index is 13.5. The molecule has 7 nitrogen and oxygen atoms in total. The molecule has 1 N–H and O–H groups in total. The van der Waals surface area contributed by atoms with Crippen molar-refractivity contribution < 1.29 is 21.6 Å². The molecule has 0 spiro atoms. The molecule has 35 heavy (non-hydrogen) atoms. The van der Waals surface area contributed by atoms with E-state index in [9.17, 15) is 21.6 Å². The van der Waals surface area contributed by atoms with Crippen molar-refractivity contribution in [3.63, 3.8) is 0 Å². The molecule has 11 heteroatoms. The normalized spacial score (nSPS) is 12.7. The minimum Gasteiger partial charge on any atom is -0.348 e. The minimum atomic E-state index is -4.11. The van der Waals surface area contributed by atoms with E-state index in [1.54, 1.807) is 31.2 Å². The molecule has 0 saturated heterocycles. The van der Waals surface area contributed by atoms with Gasteiger partial charge in [-0.25, -0.2) is 16.8 Å². The lowest BCUT2D eigenvalue weighted by molar-refractivity contribution is -0.120. The first-order chi connectivity index (χ1) is 16.3. The Kier molecular flexibility index (Phi) is 8.16. The Balaban J connectivity index is 1.89. The molecule has 1 amide bonds. The van der Waals surface area contributed by atoms with Crippen molar-refractivity contribution in [1.29, 1.82) is 0 Å². The van der Waals surface area contributed by atoms with Gasteiger partial charge in [0.2, 0.25) is 5.91 Å². The Hall–Kier alpha value is -2.59. The van der Waals surface area contributed by atoms with Gasteiger partial charge in [-0.15, -0.1) is 0 Å². The first kappa shape index (κ1) is 27.0. The zero-order valence-electron chi connectivity index (χ0n) is 19.2. The van der Waals surface area contributed by atoms with Gasteiger partial charge in [-0.05, 0) is 61.9 Å². The Bertz CT molecular complexity index is 1440. The highest BCUT2D eigenvalue weighted by atomic mass is 35.5. The van der Waals surface area contributed by atoms with Gasteiger partial charge in [0.15, 0.2) is 9.84 Å². The smallest absolute Gasteiger partial charge is 0.264 e. The van der Waals surface area contributed by atoms with Crippen LogP contribution in [0.5, 0.6) is 0 Å². The second-order valence-electron chi connectivity index (χ2n) is 8.05. The number of benzene rings is 3. The summed E-state index contributed by atoms with van der Waals surface area (Å²) >= 11 is 12.1. The van der Waals surface area contributed by atoms with E-state index in [1.807, 2.05) is 6.92 Å². The predicted octanol–water partition coefficient (Wildman–Crippen LogP) is 4.78. The quantitative estimate of drug-likeness (QED) is 0.431. The number of sulfonamides is 1. The zero-order valence-corrected chi connectivity index (χ0v) is 22.3. The maximum Gasteiger partial charge on any atom is 0.264 e. The highest BCUT2D eigenvalue weighted by Gasteiger charge is 2.28. The summed E-state index contributed by atoms with van der Waals surface area (Å²) in [5.74, 6) is -0.563. The van der Waals surface area contributed by atoms with E-state index in [4.69, 9.17) is 23.2 Å². The molecule has 3 aromatic rings. The molecule has 0 unspecified atom stereocenters. The largest absolute Gasteiger partial charge is 0.348 e. The van der Waals surface area contributed by atoms with Crippen molar-refractivity contribution in [1.82, 2.24) is 5.32 Å². The number of sulfone groups is 1. The minimum absolute atomic E-state index is 0.0198. The van der Waals surface area contributed by atoms with Gasteiger partial charge >= 0.3 is 0 Å². The summed E-state index contributed by atoms with van der Waals surface area (Å²) in [5.41, 5.74) is 1.73. The van der Waals surface area contributed by atoms with Crippen molar-refractivity contribution in [3.05, 3.63) is 87.9 Å². The first-order valence-corrected chi connectivity index (χ1v) is 14.5. The average Bonchev–Trinajstić information content (AvgIpc) is 2.79. The number of amides is 1. The van der Waals surface area contributed by atoms with Crippen molar-refractivity contribution in [2.45, 2.75) is 29.7 Å². The summed E-state index contributed by atoms with van der Waals surface area (Å²) < 4.78 is 51.3. The Morgan fingerprint density at radius 2 is 1.46 bits per heavy atom. The van der Waals surface area contributed by atoms with Gasteiger partial charge in [0.25, 0.3) is 10.0 Å². The van der Waals surface area contributed by atoms with Gasteiger partial charge in [0, 0.05) is 6.26 Å². The molecule has 3 aromatic carbocycles. The summed E-state index contributed by atoms with van der Waals surface area (Å²) in [6.07, 6.45) is 1.11. The average molecular weight is 556 g/mol. The number of rotatable bonds is 8. The van der Waals surface area contributed by atoms with Crippen LogP contribution in [-0.4, -0.2) is 35.5 Å². The molecular weight excluding hydrogens is 531 g/mol. The van der Waals surface area contributed by atoms with Crippen molar-refractivity contribution in [3.8, 4) is 0 Å². The molecule has 0 aromatic heterocycles. The number of halogens is 2. The van der Waals surface area contributed by atoms with Gasteiger partial charge in [-0.2, -0.15) is 0 Å². The van der Waals surface area contributed by atoms with Crippen LogP contribution in [0.2, 0.25) is 10.0 Å². The predicted molar refractivity (Wildman–Crippen MR) is 138 cm³/mol. The van der Waals surface area contributed by atoms with Crippen LogP contribution in [0.4, 0.5) is 5.69 Å². The third kappa shape index (κ3) is 6.55. The van der Waals surface area contributed by atoms with Crippen LogP contribution < -0.4 is 9.62 Å². The van der Waals surface area contributed by atoms with Crippen LogP contribution in [-0.2, 0) is 24.7 Å². The van der Waals surface area contributed by atoms with E-state index in [0.717, 1.165) is 16.1 Å². The van der Waals surface area contributed by atoms with E-state index >= 15 is 0 Å². The van der Waals surface area contributed by atoms with Crippen molar-refractivity contribution >= 4 is 54.7 Å². The lowest BCUT2D eigenvalue weighted by Crippen LogP contribution is -2.41. The molecule has 0 bridgehead atoms. The molecular formula is C24H24Cl2N2O5S2. The van der Waals surface area contributed by atoms with Crippen molar-refractivity contribution in [2.75, 3.05) is 17.1 Å². The molecule has 186 valence electrons. The fourth-order valence-corrected chi connectivity index (χ4v) is 5.63. The summed E-state index contributed by atoms with van der Waals surface area (Å²) in [5, 5.41) is 3.15. The van der Waals surface area contributed by atoms with E-state index in [-0.39, 0.29) is 25.5 Å². The van der Waals surface area contributed by atoms with Crippen LogP contribution in [0.25, 0.3) is 0 Å². The molecule has 0 fully saturated rings. The molecule has 0 aliphatic heterocycles. The lowest BCUT2D eigenvalue weighted by atomic mass is 10.1. The Morgan fingerprint density at radius 1 is 0.886 bits per heavy atom. The van der Waals surface area contributed by atoms with Crippen LogP contribution in [0.1, 0.15) is 24.1 Å². The number of carbonyl (C=O) groups is 1. The van der Waals surface area contributed by atoms with Gasteiger partial charge in [-0.3, -0.25) is 9.10 Å². The van der Waals surface area contributed by atoms with Crippen LogP contribution in [0.3, 0.4) is 0 Å². The summed E-state index contributed by atoms with van der Waals surface area (Å²) in [6.45, 7) is 3.04.